The van der Waals surface area contributed by atoms with Crippen molar-refractivity contribution in [2.24, 2.45) is 10.4 Å². The first-order valence-corrected chi connectivity index (χ1v) is 10.2. The molecule has 1 aromatic heterocycles. The maximum atomic E-state index is 13.4. The van der Waals surface area contributed by atoms with E-state index in [0.29, 0.717) is 50.3 Å². The summed E-state index contributed by atoms with van der Waals surface area (Å²) in [6.07, 6.45) is 3.23. The van der Waals surface area contributed by atoms with E-state index in [9.17, 15) is 9.50 Å². The van der Waals surface area contributed by atoms with Crippen molar-refractivity contribution >= 4 is 29.9 Å². The van der Waals surface area contributed by atoms with Crippen molar-refractivity contribution in [3.63, 3.8) is 0 Å². The molecule has 0 bridgehead atoms. The molecule has 3 rings (SSSR count). The molecular formula is C22H30FIN4O3. The summed E-state index contributed by atoms with van der Waals surface area (Å²) < 4.78 is 24.8. The monoisotopic (exact) mass is 544 g/mol. The van der Waals surface area contributed by atoms with Crippen LogP contribution in [0.2, 0.25) is 0 Å². The van der Waals surface area contributed by atoms with Gasteiger partial charge in [-0.05, 0) is 38.0 Å². The molecule has 1 saturated heterocycles. The second kappa shape index (κ2) is 12.8. The standard InChI is InChI=1S/C22H29FN4O3.HI/c1-2-24-21(27-15-22(8-11-28)9-12-29-16-22)26-14-17-5-4-10-25-20(17)30-19-7-3-6-18(23)13-19;/h3-7,10,13,28H,2,8-9,11-12,14-16H2,1H3,(H2,24,26,27);1H. The van der Waals surface area contributed by atoms with Gasteiger partial charge in [0, 0.05) is 49.5 Å². The average molecular weight is 544 g/mol. The summed E-state index contributed by atoms with van der Waals surface area (Å²) in [6.45, 7) is 5.21. The molecule has 1 unspecified atom stereocenters. The van der Waals surface area contributed by atoms with Gasteiger partial charge in [0.25, 0.3) is 0 Å². The summed E-state index contributed by atoms with van der Waals surface area (Å²) >= 11 is 0. The summed E-state index contributed by atoms with van der Waals surface area (Å²) in [4.78, 5) is 8.93. The van der Waals surface area contributed by atoms with Crippen LogP contribution in [0.25, 0.3) is 0 Å². The Kier molecular flexibility index (Phi) is 10.4. The SMILES string of the molecule is CCNC(=NCc1cccnc1Oc1cccc(F)c1)NCC1(CCO)CCOC1.I. The van der Waals surface area contributed by atoms with Gasteiger partial charge in [0.15, 0.2) is 5.96 Å². The Morgan fingerprint density at radius 3 is 2.90 bits per heavy atom. The highest BCUT2D eigenvalue weighted by Crippen LogP contribution is 2.31. The largest absolute Gasteiger partial charge is 0.439 e. The first-order valence-electron chi connectivity index (χ1n) is 10.2. The predicted octanol–water partition coefficient (Wildman–Crippen LogP) is 3.48. The Bertz CT molecular complexity index is 847. The van der Waals surface area contributed by atoms with Gasteiger partial charge in [0.2, 0.25) is 5.88 Å². The van der Waals surface area contributed by atoms with Crippen molar-refractivity contribution in [1.29, 1.82) is 0 Å². The van der Waals surface area contributed by atoms with Gasteiger partial charge >= 0.3 is 0 Å². The molecule has 0 saturated carbocycles. The number of nitrogens with one attached hydrogen (secondary N) is 2. The van der Waals surface area contributed by atoms with Crippen LogP contribution in [0.4, 0.5) is 4.39 Å². The number of aromatic nitrogens is 1. The Morgan fingerprint density at radius 1 is 1.32 bits per heavy atom. The number of nitrogens with zero attached hydrogens (tertiary/aromatic N) is 2. The number of aliphatic imine (C=N–C) groups is 1. The van der Waals surface area contributed by atoms with Gasteiger partial charge < -0.3 is 25.2 Å². The third-order valence-electron chi connectivity index (χ3n) is 5.07. The number of guanidine groups is 1. The zero-order valence-corrected chi connectivity index (χ0v) is 20.0. The summed E-state index contributed by atoms with van der Waals surface area (Å²) in [5, 5.41) is 16.0. The van der Waals surface area contributed by atoms with Gasteiger partial charge in [-0.1, -0.05) is 12.1 Å². The van der Waals surface area contributed by atoms with E-state index >= 15 is 0 Å². The first kappa shape index (κ1) is 25.3. The quantitative estimate of drug-likeness (QED) is 0.255. The fourth-order valence-corrected chi connectivity index (χ4v) is 3.37. The zero-order valence-electron chi connectivity index (χ0n) is 17.6. The summed E-state index contributed by atoms with van der Waals surface area (Å²) in [6, 6.07) is 9.65. The van der Waals surface area contributed by atoms with E-state index in [1.165, 1.54) is 12.1 Å². The van der Waals surface area contributed by atoms with Crippen molar-refractivity contribution in [2.45, 2.75) is 26.3 Å². The van der Waals surface area contributed by atoms with Gasteiger partial charge in [0.1, 0.15) is 11.6 Å². The lowest BCUT2D eigenvalue weighted by atomic mass is 9.84. The van der Waals surface area contributed by atoms with Crippen LogP contribution in [0.5, 0.6) is 11.6 Å². The minimum Gasteiger partial charge on any atom is -0.439 e. The molecule has 2 aromatic rings. The molecule has 170 valence electrons. The lowest BCUT2D eigenvalue weighted by molar-refractivity contribution is 0.127. The van der Waals surface area contributed by atoms with Crippen LogP contribution in [0, 0.1) is 11.2 Å². The van der Waals surface area contributed by atoms with Crippen LogP contribution in [0.3, 0.4) is 0 Å². The summed E-state index contributed by atoms with van der Waals surface area (Å²) in [5.74, 6) is 1.08. The number of ether oxygens (including phenoxy) is 2. The lowest BCUT2D eigenvalue weighted by Crippen LogP contribution is -2.44. The number of pyridine rings is 1. The van der Waals surface area contributed by atoms with E-state index in [2.05, 4.69) is 20.6 Å². The molecule has 0 aliphatic carbocycles. The highest BCUT2D eigenvalue weighted by Gasteiger charge is 2.34. The maximum Gasteiger partial charge on any atom is 0.224 e. The van der Waals surface area contributed by atoms with Crippen molar-refractivity contribution in [2.75, 3.05) is 32.9 Å². The molecule has 1 atom stereocenters. The number of hydrogen-bond acceptors (Lipinski definition) is 5. The highest BCUT2D eigenvalue weighted by atomic mass is 127. The molecule has 1 aromatic carbocycles. The van der Waals surface area contributed by atoms with E-state index in [1.807, 2.05) is 19.1 Å². The molecule has 0 radical (unpaired) electrons. The van der Waals surface area contributed by atoms with E-state index < -0.39 is 0 Å². The molecule has 1 aliphatic heterocycles. The molecule has 1 fully saturated rings. The van der Waals surface area contributed by atoms with E-state index in [0.717, 1.165) is 18.5 Å². The molecular weight excluding hydrogens is 514 g/mol. The third-order valence-corrected chi connectivity index (χ3v) is 5.07. The molecule has 0 amide bonds. The number of aliphatic hydroxyl groups excluding tert-OH is 1. The minimum atomic E-state index is -0.366. The normalized spacial score (nSPS) is 18.4. The Hall–Kier alpha value is -1.98. The molecule has 2 heterocycles. The van der Waals surface area contributed by atoms with Crippen molar-refractivity contribution in [3.8, 4) is 11.6 Å². The van der Waals surface area contributed by atoms with Crippen LogP contribution in [-0.4, -0.2) is 49.0 Å². The zero-order chi connectivity index (χ0) is 21.2. The fourth-order valence-electron chi connectivity index (χ4n) is 3.37. The molecule has 7 nitrogen and oxygen atoms in total. The lowest BCUT2D eigenvalue weighted by Gasteiger charge is -2.27. The number of rotatable bonds is 9. The Labute approximate surface area is 199 Å². The number of aliphatic hydroxyl groups is 1. The molecule has 9 heteroatoms. The van der Waals surface area contributed by atoms with Crippen LogP contribution >= 0.6 is 24.0 Å². The molecule has 3 N–H and O–H groups in total. The predicted molar refractivity (Wildman–Crippen MR) is 129 cm³/mol. The molecule has 1 aliphatic rings. The molecule has 31 heavy (non-hydrogen) atoms. The van der Waals surface area contributed by atoms with Crippen LogP contribution in [0.1, 0.15) is 25.3 Å². The van der Waals surface area contributed by atoms with Crippen LogP contribution < -0.4 is 15.4 Å². The van der Waals surface area contributed by atoms with Gasteiger partial charge in [-0.25, -0.2) is 14.4 Å². The maximum absolute atomic E-state index is 13.4. The van der Waals surface area contributed by atoms with Gasteiger partial charge in [-0.15, -0.1) is 24.0 Å². The van der Waals surface area contributed by atoms with Crippen molar-refractivity contribution < 1.29 is 19.0 Å². The first-order chi connectivity index (χ1) is 14.6. The molecule has 0 spiro atoms. The van der Waals surface area contributed by atoms with E-state index in [4.69, 9.17) is 9.47 Å². The minimum absolute atomic E-state index is 0. The summed E-state index contributed by atoms with van der Waals surface area (Å²) in [5.41, 5.74) is 0.707. The topological polar surface area (TPSA) is 88.0 Å². The Balaban J connectivity index is 0.00000341. The Morgan fingerprint density at radius 2 is 2.19 bits per heavy atom. The third kappa shape index (κ3) is 7.58. The number of hydrogen-bond donors (Lipinski definition) is 3. The highest BCUT2D eigenvalue weighted by molar-refractivity contribution is 14.0. The van der Waals surface area contributed by atoms with Crippen molar-refractivity contribution in [3.05, 3.63) is 54.0 Å². The number of halogens is 2. The van der Waals surface area contributed by atoms with Crippen LogP contribution in [0.15, 0.2) is 47.6 Å². The second-order valence-corrected chi connectivity index (χ2v) is 7.35. The number of benzene rings is 1. The van der Waals surface area contributed by atoms with Crippen molar-refractivity contribution in [1.82, 2.24) is 15.6 Å². The summed E-state index contributed by atoms with van der Waals surface area (Å²) in [7, 11) is 0. The smallest absolute Gasteiger partial charge is 0.224 e. The fraction of sp³-hybridized carbons (Fsp3) is 0.455. The van der Waals surface area contributed by atoms with E-state index in [-0.39, 0.29) is 41.8 Å². The second-order valence-electron chi connectivity index (χ2n) is 7.35. The van der Waals surface area contributed by atoms with Gasteiger partial charge in [-0.3, -0.25) is 0 Å². The van der Waals surface area contributed by atoms with E-state index in [1.54, 1.807) is 18.3 Å². The van der Waals surface area contributed by atoms with Gasteiger partial charge in [0.05, 0.1) is 13.2 Å². The average Bonchev–Trinajstić information content (AvgIpc) is 3.20. The van der Waals surface area contributed by atoms with Gasteiger partial charge in [-0.2, -0.15) is 0 Å². The van der Waals surface area contributed by atoms with Crippen LogP contribution in [-0.2, 0) is 11.3 Å².